The molecular weight excluding hydrogens is 342 g/mol. The average Bonchev–Trinajstić information content (AvgIpc) is 2.90. The van der Waals surface area contributed by atoms with Crippen LogP contribution in [-0.4, -0.2) is 43.3 Å². The maximum atomic E-state index is 12.4. The summed E-state index contributed by atoms with van der Waals surface area (Å²) in [6.07, 6.45) is 3.82. The van der Waals surface area contributed by atoms with Gasteiger partial charge in [0.25, 0.3) is 0 Å². The van der Waals surface area contributed by atoms with Crippen LogP contribution in [0.15, 0.2) is 24.3 Å². The Morgan fingerprint density at radius 3 is 2.15 bits per heavy atom. The Bertz CT molecular complexity index is 675. The van der Waals surface area contributed by atoms with Crippen LogP contribution >= 0.6 is 0 Å². The summed E-state index contributed by atoms with van der Waals surface area (Å²) in [5.74, 6) is -0.562. The first-order valence-electron chi connectivity index (χ1n) is 9.94. The van der Waals surface area contributed by atoms with E-state index in [1.165, 1.54) is 15.4 Å². The van der Waals surface area contributed by atoms with Crippen molar-refractivity contribution in [3.05, 3.63) is 35.4 Å². The van der Waals surface area contributed by atoms with Gasteiger partial charge in [-0.1, -0.05) is 37.1 Å². The molecule has 0 bridgehead atoms. The van der Waals surface area contributed by atoms with Crippen LogP contribution in [-0.2, 0) is 27.5 Å². The molecule has 2 fully saturated rings. The number of benzene rings is 1. The van der Waals surface area contributed by atoms with Gasteiger partial charge in [0, 0.05) is 25.1 Å². The van der Waals surface area contributed by atoms with E-state index in [-0.39, 0.29) is 42.5 Å². The molecule has 6 nitrogen and oxygen atoms in total. The topological polar surface area (TPSA) is 70.9 Å². The third-order valence-electron chi connectivity index (χ3n) is 5.57. The van der Waals surface area contributed by atoms with Gasteiger partial charge < -0.3 is 10.2 Å². The zero-order valence-corrected chi connectivity index (χ0v) is 16.3. The van der Waals surface area contributed by atoms with Crippen molar-refractivity contribution in [3.63, 3.8) is 0 Å². The minimum absolute atomic E-state index is 0.0730. The molecule has 1 aliphatic heterocycles. The molecule has 1 aromatic rings. The normalized spacial score (nSPS) is 22.3. The zero-order chi connectivity index (χ0) is 19.4. The largest absolute Gasteiger partial charge is 0.352 e. The highest BCUT2D eigenvalue weighted by Crippen LogP contribution is 2.37. The molecule has 0 radical (unpaired) electrons. The standard InChI is InChI=1S/C21H29N3O3/c1-23(2)14-16-9-7-15(8-10-16)13-22-19(25)11-12-24-20(26)17-5-3-4-6-18(17)21(24)27/h7-10,17-18H,3-6,11-14H2,1-2H3,(H,22,25)/p+1/t17-,18+. The molecule has 1 aromatic carbocycles. The Morgan fingerprint density at radius 1 is 1.04 bits per heavy atom. The van der Waals surface area contributed by atoms with Crippen LogP contribution in [0, 0.1) is 11.8 Å². The lowest BCUT2D eigenvalue weighted by Gasteiger charge is -2.19. The van der Waals surface area contributed by atoms with E-state index in [2.05, 4.69) is 31.5 Å². The molecule has 2 atom stereocenters. The SMILES string of the molecule is C[NH+](C)Cc1ccc(CNC(=O)CCN2C(=O)[C@H]3CCCC[C@H]3C2=O)cc1. The highest BCUT2D eigenvalue weighted by atomic mass is 16.2. The third-order valence-corrected chi connectivity index (χ3v) is 5.57. The first-order valence-corrected chi connectivity index (χ1v) is 9.94. The van der Waals surface area contributed by atoms with Gasteiger partial charge in [-0.2, -0.15) is 0 Å². The fourth-order valence-electron chi connectivity index (χ4n) is 4.14. The van der Waals surface area contributed by atoms with E-state index in [1.54, 1.807) is 0 Å². The predicted molar refractivity (Wildman–Crippen MR) is 102 cm³/mol. The maximum absolute atomic E-state index is 12.4. The molecule has 0 spiro atoms. The van der Waals surface area contributed by atoms with Gasteiger partial charge >= 0.3 is 0 Å². The summed E-state index contributed by atoms with van der Waals surface area (Å²) in [5.41, 5.74) is 2.30. The first-order chi connectivity index (χ1) is 13.0. The number of likely N-dealkylation sites (tertiary alicyclic amines) is 1. The second-order valence-corrected chi connectivity index (χ2v) is 8.05. The molecule has 1 heterocycles. The third kappa shape index (κ3) is 4.75. The molecule has 0 unspecified atom stereocenters. The van der Waals surface area contributed by atoms with Crippen molar-refractivity contribution in [2.75, 3.05) is 20.6 Å². The number of nitrogens with zero attached hydrogens (tertiary/aromatic N) is 1. The zero-order valence-electron chi connectivity index (χ0n) is 16.3. The number of carbonyl (C=O) groups excluding carboxylic acids is 3. The molecule has 146 valence electrons. The van der Waals surface area contributed by atoms with Gasteiger partial charge in [-0.05, 0) is 18.4 Å². The van der Waals surface area contributed by atoms with Crippen molar-refractivity contribution in [2.45, 2.75) is 45.2 Å². The number of imide groups is 1. The van der Waals surface area contributed by atoms with Gasteiger partial charge in [-0.3, -0.25) is 19.3 Å². The van der Waals surface area contributed by atoms with Crippen LogP contribution in [0.25, 0.3) is 0 Å². The Balaban J connectivity index is 1.44. The van der Waals surface area contributed by atoms with Crippen molar-refractivity contribution in [1.29, 1.82) is 0 Å². The summed E-state index contributed by atoms with van der Waals surface area (Å²) in [6, 6.07) is 8.21. The quantitative estimate of drug-likeness (QED) is 0.686. The Hall–Kier alpha value is -2.21. The van der Waals surface area contributed by atoms with Gasteiger partial charge in [0.05, 0.1) is 25.9 Å². The number of rotatable bonds is 7. The van der Waals surface area contributed by atoms with Gasteiger partial charge in [0.2, 0.25) is 17.7 Å². The molecule has 6 heteroatoms. The summed E-state index contributed by atoms with van der Waals surface area (Å²) in [4.78, 5) is 39.7. The lowest BCUT2D eigenvalue weighted by atomic mass is 9.81. The average molecular weight is 372 g/mol. The number of hydrogen-bond acceptors (Lipinski definition) is 3. The van der Waals surface area contributed by atoms with Gasteiger partial charge in [0.1, 0.15) is 6.54 Å². The number of fused-ring (bicyclic) bond motifs is 1. The van der Waals surface area contributed by atoms with E-state index in [0.717, 1.165) is 37.8 Å². The predicted octanol–water partition coefficient (Wildman–Crippen LogP) is 0.513. The Kier molecular flexibility index (Phi) is 6.26. The van der Waals surface area contributed by atoms with Crippen molar-refractivity contribution in [1.82, 2.24) is 10.2 Å². The molecule has 1 saturated heterocycles. The van der Waals surface area contributed by atoms with E-state index in [0.29, 0.717) is 6.54 Å². The number of nitrogens with one attached hydrogen (secondary N) is 2. The molecule has 3 amide bonds. The van der Waals surface area contributed by atoms with E-state index in [4.69, 9.17) is 0 Å². The molecule has 0 aromatic heterocycles. The molecule has 2 N–H and O–H groups in total. The van der Waals surface area contributed by atoms with Gasteiger partial charge in [-0.15, -0.1) is 0 Å². The van der Waals surface area contributed by atoms with Crippen molar-refractivity contribution in [3.8, 4) is 0 Å². The van der Waals surface area contributed by atoms with Crippen LogP contribution in [0.3, 0.4) is 0 Å². The van der Waals surface area contributed by atoms with Crippen LogP contribution in [0.1, 0.15) is 43.2 Å². The second-order valence-electron chi connectivity index (χ2n) is 8.05. The van der Waals surface area contributed by atoms with Gasteiger partial charge in [0.15, 0.2) is 0 Å². The minimum atomic E-state index is -0.142. The molecule has 3 rings (SSSR count). The fraction of sp³-hybridized carbons (Fsp3) is 0.571. The summed E-state index contributed by atoms with van der Waals surface area (Å²) in [6.45, 7) is 1.62. The molecule has 1 aliphatic carbocycles. The molecule has 27 heavy (non-hydrogen) atoms. The number of hydrogen-bond donors (Lipinski definition) is 2. The monoisotopic (exact) mass is 372 g/mol. The summed E-state index contributed by atoms with van der Waals surface area (Å²) in [7, 11) is 4.22. The first kappa shape index (κ1) is 19.5. The number of quaternary nitrogens is 1. The second kappa shape index (κ2) is 8.65. The minimum Gasteiger partial charge on any atom is -0.352 e. The fourth-order valence-corrected chi connectivity index (χ4v) is 4.14. The van der Waals surface area contributed by atoms with E-state index < -0.39 is 0 Å². The summed E-state index contributed by atoms with van der Waals surface area (Å²) >= 11 is 0. The Morgan fingerprint density at radius 2 is 1.59 bits per heavy atom. The van der Waals surface area contributed by atoms with E-state index >= 15 is 0 Å². The number of amides is 3. The van der Waals surface area contributed by atoms with Crippen molar-refractivity contribution in [2.24, 2.45) is 11.8 Å². The lowest BCUT2D eigenvalue weighted by Crippen LogP contribution is -3.04. The van der Waals surface area contributed by atoms with Crippen LogP contribution in [0.2, 0.25) is 0 Å². The van der Waals surface area contributed by atoms with Crippen molar-refractivity contribution < 1.29 is 19.3 Å². The molecule has 1 saturated carbocycles. The van der Waals surface area contributed by atoms with Gasteiger partial charge in [-0.25, -0.2) is 0 Å². The lowest BCUT2D eigenvalue weighted by molar-refractivity contribution is -0.872. The smallest absolute Gasteiger partial charge is 0.233 e. The summed E-state index contributed by atoms with van der Waals surface area (Å²) in [5, 5.41) is 2.88. The number of carbonyl (C=O) groups is 3. The Labute approximate surface area is 160 Å². The highest BCUT2D eigenvalue weighted by Gasteiger charge is 2.47. The molecule has 2 aliphatic rings. The summed E-state index contributed by atoms with van der Waals surface area (Å²) < 4.78 is 0. The maximum Gasteiger partial charge on any atom is 0.233 e. The van der Waals surface area contributed by atoms with Crippen LogP contribution in [0.4, 0.5) is 0 Å². The van der Waals surface area contributed by atoms with Crippen LogP contribution < -0.4 is 10.2 Å². The van der Waals surface area contributed by atoms with E-state index in [1.807, 2.05) is 12.1 Å². The van der Waals surface area contributed by atoms with Crippen LogP contribution in [0.5, 0.6) is 0 Å². The molecular formula is C21H30N3O3+. The highest BCUT2D eigenvalue weighted by molar-refractivity contribution is 6.05. The van der Waals surface area contributed by atoms with Crippen molar-refractivity contribution >= 4 is 17.7 Å². The van der Waals surface area contributed by atoms with E-state index in [9.17, 15) is 14.4 Å².